The van der Waals surface area contributed by atoms with Gasteiger partial charge in [-0.25, -0.2) is 0 Å². The Hall–Kier alpha value is -2.74. The van der Waals surface area contributed by atoms with Gasteiger partial charge in [0.25, 0.3) is 0 Å². The number of hydrogen-bond donors (Lipinski definition) is 0. The topological polar surface area (TPSA) is 110 Å². The van der Waals surface area contributed by atoms with Gasteiger partial charge in [-0.05, 0) is 28.1 Å². The fourth-order valence-corrected chi connectivity index (χ4v) is 2.42. The molecule has 3 aromatic rings. The van der Waals surface area contributed by atoms with Gasteiger partial charge in [0.1, 0.15) is 0 Å². The molecular weight excluding hydrogens is 274 g/mol. The van der Waals surface area contributed by atoms with Gasteiger partial charge >= 0.3 is 0 Å². The van der Waals surface area contributed by atoms with Crippen LogP contribution < -0.4 is 0 Å². The predicted molar refractivity (Wildman–Crippen MR) is 71.7 cm³/mol. The van der Waals surface area contributed by atoms with Gasteiger partial charge in [0.05, 0.1) is 24.3 Å². The minimum atomic E-state index is -0.459. The van der Waals surface area contributed by atoms with E-state index >= 15 is 0 Å². The van der Waals surface area contributed by atoms with E-state index in [1.807, 2.05) is 12.1 Å². The van der Waals surface area contributed by atoms with E-state index in [0.717, 1.165) is 16.5 Å². The van der Waals surface area contributed by atoms with Crippen LogP contribution in [0, 0.1) is 0 Å². The average molecular weight is 283 g/mol. The third-order valence-electron chi connectivity index (χ3n) is 3.32. The fraction of sp³-hybridized carbons (Fsp3) is 0.250. The maximum atomic E-state index is 8.53. The van der Waals surface area contributed by atoms with Gasteiger partial charge in [-0.1, -0.05) is 17.2 Å². The molecule has 0 aliphatic carbocycles. The van der Waals surface area contributed by atoms with E-state index in [2.05, 4.69) is 25.6 Å². The van der Waals surface area contributed by atoms with Crippen molar-refractivity contribution in [2.45, 2.75) is 6.29 Å². The highest BCUT2D eigenvalue weighted by atomic mass is 16.7. The monoisotopic (exact) mass is 283 g/mol. The second-order valence-electron chi connectivity index (χ2n) is 4.52. The minimum Gasteiger partial charge on any atom is -0.346 e. The standard InChI is InChI=1S/C12H9N7O2/c13-16-14-8-2-1-7-5-9(12-20-3-4-21-12)11-15-17-18-19(11)10(7)6-8/h1-2,5-6,12H,3-4H2. The maximum Gasteiger partial charge on any atom is 0.188 e. The molecule has 0 spiro atoms. The molecule has 4 rings (SSSR count). The smallest absolute Gasteiger partial charge is 0.188 e. The number of aromatic nitrogens is 4. The zero-order chi connectivity index (χ0) is 14.2. The summed E-state index contributed by atoms with van der Waals surface area (Å²) in [4.78, 5) is 2.79. The van der Waals surface area contributed by atoms with Crippen LogP contribution in [-0.4, -0.2) is 33.3 Å². The lowest BCUT2D eigenvalue weighted by Crippen LogP contribution is -2.03. The number of fused-ring (bicyclic) bond motifs is 3. The summed E-state index contributed by atoms with van der Waals surface area (Å²) in [7, 11) is 0. The molecule has 1 fully saturated rings. The molecule has 0 bridgehead atoms. The number of azide groups is 1. The predicted octanol–water partition coefficient (Wildman–Crippen LogP) is 2.26. The highest BCUT2D eigenvalue weighted by Gasteiger charge is 2.23. The summed E-state index contributed by atoms with van der Waals surface area (Å²) >= 11 is 0. The van der Waals surface area contributed by atoms with Crippen LogP contribution in [0.1, 0.15) is 11.9 Å². The third-order valence-corrected chi connectivity index (χ3v) is 3.32. The molecule has 1 saturated heterocycles. The van der Waals surface area contributed by atoms with Crippen LogP contribution >= 0.6 is 0 Å². The van der Waals surface area contributed by atoms with Gasteiger partial charge in [-0.3, -0.25) is 0 Å². The molecule has 1 aromatic carbocycles. The molecule has 0 amide bonds. The largest absolute Gasteiger partial charge is 0.346 e. The Morgan fingerprint density at radius 3 is 2.95 bits per heavy atom. The summed E-state index contributed by atoms with van der Waals surface area (Å²) in [5, 5.41) is 16.2. The van der Waals surface area contributed by atoms with Crippen LogP contribution in [0.25, 0.3) is 27.0 Å². The van der Waals surface area contributed by atoms with E-state index in [1.54, 1.807) is 16.6 Å². The Morgan fingerprint density at radius 2 is 2.14 bits per heavy atom. The summed E-state index contributed by atoms with van der Waals surface area (Å²) in [5.41, 5.74) is 11.1. The summed E-state index contributed by atoms with van der Waals surface area (Å²) in [5.74, 6) is 0. The number of nitrogens with zero attached hydrogens (tertiary/aromatic N) is 7. The molecule has 0 saturated carbocycles. The van der Waals surface area contributed by atoms with Gasteiger partial charge in [-0.2, -0.15) is 4.52 Å². The van der Waals surface area contributed by atoms with Crippen LogP contribution in [0.2, 0.25) is 0 Å². The SMILES string of the molecule is [N-]=[N+]=Nc1ccc2cc(C3OCCO3)c3nnnn3c2c1. The van der Waals surface area contributed by atoms with E-state index < -0.39 is 6.29 Å². The van der Waals surface area contributed by atoms with Gasteiger partial charge < -0.3 is 9.47 Å². The molecule has 9 nitrogen and oxygen atoms in total. The lowest BCUT2D eigenvalue weighted by atomic mass is 10.1. The number of rotatable bonds is 2. The number of pyridine rings is 1. The number of hydrogen-bond acceptors (Lipinski definition) is 6. The summed E-state index contributed by atoms with van der Waals surface area (Å²) < 4.78 is 12.6. The first-order valence-corrected chi connectivity index (χ1v) is 6.30. The Labute approximate surface area is 117 Å². The van der Waals surface area contributed by atoms with Crippen molar-refractivity contribution in [3.8, 4) is 0 Å². The molecule has 0 N–H and O–H groups in total. The van der Waals surface area contributed by atoms with E-state index in [1.165, 1.54) is 0 Å². The van der Waals surface area contributed by atoms with E-state index in [9.17, 15) is 0 Å². The zero-order valence-corrected chi connectivity index (χ0v) is 10.7. The fourth-order valence-electron chi connectivity index (χ4n) is 2.42. The Balaban J connectivity index is 2.01. The summed E-state index contributed by atoms with van der Waals surface area (Å²) in [6, 6.07) is 7.24. The first kappa shape index (κ1) is 12.0. The molecule has 2 aromatic heterocycles. The summed E-state index contributed by atoms with van der Waals surface area (Å²) in [6.45, 7) is 1.10. The number of tetrazole rings is 1. The van der Waals surface area contributed by atoms with Crippen molar-refractivity contribution in [2.24, 2.45) is 5.11 Å². The van der Waals surface area contributed by atoms with Gasteiger partial charge in [-0.15, -0.1) is 5.10 Å². The van der Waals surface area contributed by atoms with Gasteiger partial charge in [0.2, 0.25) is 0 Å². The number of benzene rings is 1. The van der Waals surface area contributed by atoms with Gasteiger partial charge in [0, 0.05) is 16.0 Å². The van der Waals surface area contributed by atoms with Crippen LogP contribution in [0.4, 0.5) is 5.69 Å². The first-order valence-electron chi connectivity index (χ1n) is 6.30. The molecule has 21 heavy (non-hydrogen) atoms. The van der Waals surface area contributed by atoms with Crippen LogP contribution in [0.5, 0.6) is 0 Å². The molecule has 0 unspecified atom stereocenters. The molecule has 0 radical (unpaired) electrons. The van der Waals surface area contributed by atoms with Crippen LogP contribution in [-0.2, 0) is 9.47 Å². The lowest BCUT2D eigenvalue weighted by molar-refractivity contribution is -0.0432. The van der Waals surface area contributed by atoms with Crippen molar-refractivity contribution in [3.63, 3.8) is 0 Å². The molecule has 1 aliphatic heterocycles. The zero-order valence-electron chi connectivity index (χ0n) is 10.7. The molecule has 3 heterocycles. The normalized spacial score (nSPS) is 15.6. The Morgan fingerprint density at radius 1 is 1.29 bits per heavy atom. The molecule has 1 aliphatic rings. The van der Waals surface area contributed by atoms with E-state index in [0.29, 0.717) is 24.5 Å². The molecule has 104 valence electrons. The quantitative estimate of drug-likeness (QED) is 0.407. The molecule has 9 heteroatoms. The van der Waals surface area contributed by atoms with Crippen LogP contribution in [0.15, 0.2) is 29.4 Å². The first-order chi connectivity index (χ1) is 10.4. The highest BCUT2D eigenvalue weighted by molar-refractivity contribution is 5.85. The van der Waals surface area contributed by atoms with Crippen molar-refractivity contribution in [3.05, 3.63) is 40.3 Å². The average Bonchev–Trinajstić information content (AvgIpc) is 3.18. The van der Waals surface area contributed by atoms with Crippen molar-refractivity contribution < 1.29 is 9.47 Å². The molecule has 0 atom stereocenters. The van der Waals surface area contributed by atoms with Crippen molar-refractivity contribution in [2.75, 3.05) is 13.2 Å². The minimum absolute atomic E-state index is 0.459. The Kier molecular flexibility index (Phi) is 2.68. The lowest BCUT2D eigenvalue weighted by Gasteiger charge is -2.11. The highest BCUT2D eigenvalue weighted by Crippen LogP contribution is 2.30. The van der Waals surface area contributed by atoms with E-state index in [4.69, 9.17) is 15.0 Å². The van der Waals surface area contributed by atoms with Gasteiger partial charge in [0.15, 0.2) is 11.9 Å². The molecular formula is C12H9N7O2. The second-order valence-corrected chi connectivity index (χ2v) is 4.52. The maximum absolute atomic E-state index is 8.53. The Bertz CT molecular complexity index is 878. The van der Waals surface area contributed by atoms with Crippen molar-refractivity contribution >= 4 is 22.2 Å². The van der Waals surface area contributed by atoms with Crippen LogP contribution in [0.3, 0.4) is 0 Å². The second kappa shape index (κ2) is 4.67. The summed E-state index contributed by atoms with van der Waals surface area (Å²) in [6.07, 6.45) is -0.459. The van der Waals surface area contributed by atoms with Crippen molar-refractivity contribution in [1.29, 1.82) is 0 Å². The third kappa shape index (κ3) is 1.88. The number of ether oxygens (including phenoxy) is 2. The van der Waals surface area contributed by atoms with E-state index in [-0.39, 0.29) is 0 Å². The van der Waals surface area contributed by atoms with Crippen molar-refractivity contribution in [1.82, 2.24) is 20.0 Å².